The third kappa shape index (κ3) is 6.00. The fourth-order valence-corrected chi connectivity index (χ4v) is 3.93. The number of hydrogen-bond acceptors (Lipinski definition) is 7. The highest BCUT2D eigenvalue weighted by molar-refractivity contribution is 5.80. The zero-order valence-electron chi connectivity index (χ0n) is 19.2. The Balaban J connectivity index is 1.35. The van der Waals surface area contributed by atoms with E-state index >= 15 is 0 Å². The Bertz CT molecular complexity index is 1040. The zero-order valence-corrected chi connectivity index (χ0v) is 19.2. The zero-order chi connectivity index (χ0) is 22.9. The predicted octanol–water partition coefficient (Wildman–Crippen LogP) is 2.91. The van der Waals surface area contributed by atoms with Crippen molar-refractivity contribution in [1.29, 1.82) is 0 Å². The summed E-state index contributed by atoms with van der Waals surface area (Å²) in [5, 5.41) is 11.0. The SMILES string of the molecule is CCNC(=NCCc1noc(-c2ccccn2)n1)NC1CCCN(c2ccccc2OC)C1. The number of methoxy groups -OCH3 is 1. The number of para-hydroxylation sites is 2. The van der Waals surface area contributed by atoms with Gasteiger partial charge in [0.1, 0.15) is 11.4 Å². The molecule has 1 aliphatic heterocycles. The van der Waals surface area contributed by atoms with E-state index in [-0.39, 0.29) is 0 Å². The molecule has 3 heterocycles. The number of nitrogens with one attached hydrogen (secondary N) is 2. The molecule has 2 N–H and O–H groups in total. The van der Waals surface area contributed by atoms with E-state index in [0.29, 0.717) is 36.4 Å². The molecule has 1 aliphatic rings. The average Bonchev–Trinajstić information content (AvgIpc) is 3.34. The van der Waals surface area contributed by atoms with Crippen LogP contribution in [0.25, 0.3) is 11.6 Å². The van der Waals surface area contributed by atoms with E-state index < -0.39 is 0 Å². The van der Waals surface area contributed by atoms with Crippen molar-refractivity contribution in [2.75, 3.05) is 38.2 Å². The van der Waals surface area contributed by atoms with E-state index in [1.165, 1.54) is 0 Å². The lowest BCUT2D eigenvalue weighted by molar-refractivity contribution is 0.408. The van der Waals surface area contributed by atoms with Crippen LogP contribution in [0, 0.1) is 0 Å². The van der Waals surface area contributed by atoms with Crippen molar-refractivity contribution in [3.05, 3.63) is 54.5 Å². The van der Waals surface area contributed by atoms with Crippen LogP contribution in [0.4, 0.5) is 5.69 Å². The second-order valence-corrected chi connectivity index (χ2v) is 7.84. The summed E-state index contributed by atoms with van der Waals surface area (Å²) in [5.74, 6) is 2.76. The van der Waals surface area contributed by atoms with Gasteiger partial charge in [-0.2, -0.15) is 4.98 Å². The van der Waals surface area contributed by atoms with E-state index in [1.807, 2.05) is 30.3 Å². The molecule has 1 atom stereocenters. The number of benzene rings is 1. The van der Waals surface area contributed by atoms with Crippen LogP contribution in [-0.4, -0.2) is 60.4 Å². The summed E-state index contributed by atoms with van der Waals surface area (Å²) in [6.07, 6.45) is 4.49. The van der Waals surface area contributed by atoms with Gasteiger partial charge in [-0.05, 0) is 44.0 Å². The number of rotatable bonds is 8. The molecule has 174 valence electrons. The molecule has 0 amide bonds. The number of pyridine rings is 1. The van der Waals surface area contributed by atoms with E-state index in [9.17, 15) is 0 Å². The molecule has 0 aliphatic carbocycles. The Morgan fingerprint density at radius 3 is 2.94 bits per heavy atom. The van der Waals surface area contributed by atoms with Crippen LogP contribution in [-0.2, 0) is 6.42 Å². The van der Waals surface area contributed by atoms with Crippen molar-refractivity contribution in [3.8, 4) is 17.3 Å². The number of ether oxygens (including phenoxy) is 1. The molecule has 3 aromatic rings. The Kier molecular flexibility index (Phi) is 7.73. The van der Waals surface area contributed by atoms with E-state index in [4.69, 9.17) is 14.3 Å². The van der Waals surface area contributed by atoms with Gasteiger partial charge >= 0.3 is 0 Å². The van der Waals surface area contributed by atoms with Crippen LogP contribution in [0.5, 0.6) is 5.75 Å². The normalized spacial score (nSPS) is 16.5. The van der Waals surface area contributed by atoms with Gasteiger partial charge in [-0.3, -0.25) is 9.98 Å². The van der Waals surface area contributed by atoms with Gasteiger partial charge in [0.25, 0.3) is 5.89 Å². The first-order valence-corrected chi connectivity index (χ1v) is 11.4. The number of piperidine rings is 1. The molecule has 0 spiro atoms. The molecule has 0 bridgehead atoms. The lowest BCUT2D eigenvalue weighted by atomic mass is 10.0. The van der Waals surface area contributed by atoms with Gasteiger partial charge in [0.15, 0.2) is 11.8 Å². The monoisotopic (exact) mass is 449 g/mol. The van der Waals surface area contributed by atoms with Crippen LogP contribution in [0.1, 0.15) is 25.6 Å². The highest BCUT2D eigenvalue weighted by Crippen LogP contribution is 2.29. The van der Waals surface area contributed by atoms with Gasteiger partial charge in [-0.1, -0.05) is 23.4 Å². The molecule has 9 nitrogen and oxygen atoms in total. The Labute approximate surface area is 194 Å². The summed E-state index contributed by atoms with van der Waals surface area (Å²) in [6.45, 7) is 5.32. The summed E-state index contributed by atoms with van der Waals surface area (Å²) in [5.41, 5.74) is 1.81. The lowest BCUT2D eigenvalue weighted by Gasteiger charge is -2.36. The number of anilines is 1. The smallest absolute Gasteiger partial charge is 0.276 e. The minimum absolute atomic E-state index is 0.294. The first-order chi connectivity index (χ1) is 16.3. The largest absolute Gasteiger partial charge is 0.495 e. The second kappa shape index (κ2) is 11.3. The van der Waals surface area contributed by atoms with Crippen LogP contribution >= 0.6 is 0 Å². The molecular weight excluding hydrogens is 418 g/mol. The highest BCUT2D eigenvalue weighted by Gasteiger charge is 2.22. The van der Waals surface area contributed by atoms with Crippen LogP contribution in [0.2, 0.25) is 0 Å². The summed E-state index contributed by atoms with van der Waals surface area (Å²) < 4.78 is 10.9. The molecule has 1 fully saturated rings. The molecule has 1 saturated heterocycles. The Morgan fingerprint density at radius 1 is 1.24 bits per heavy atom. The quantitative estimate of drug-likeness (QED) is 0.400. The molecule has 33 heavy (non-hydrogen) atoms. The number of guanidine groups is 1. The van der Waals surface area contributed by atoms with Gasteiger partial charge in [0, 0.05) is 44.8 Å². The molecular formula is C24H31N7O2. The minimum atomic E-state index is 0.294. The van der Waals surface area contributed by atoms with E-state index in [0.717, 1.165) is 49.9 Å². The number of aromatic nitrogens is 3. The van der Waals surface area contributed by atoms with Crippen molar-refractivity contribution in [3.63, 3.8) is 0 Å². The highest BCUT2D eigenvalue weighted by atomic mass is 16.5. The fraction of sp³-hybridized carbons (Fsp3) is 0.417. The number of nitrogens with zero attached hydrogens (tertiary/aromatic N) is 5. The molecule has 1 unspecified atom stereocenters. The van der Waals surface area contributed by atoms with Gasteiger partial charge < -0.3 is 24.8 Å². The Hall–Kier alpha value is -3.62. The van der Waals surface area contributed by atoms with E-state index in [2.05, 4.69) is 49.7 Å². The van der Waals surface area contributed by atoms with Gasteiger partial charge in [0.05, 0.1) is 12.8 Å². The summed E-state index contributed by atoms with van der Waals surface area (Å²) in [6, 6.07) is 14.1. The maximum atomic E-state index is 5.56. The van der Waals surface area contributed by atoms with Gasteiger partial charge in [-0.15, -0.1) is 0 Å². The summed E-state index contributed by atoms with van der Waals surface area (Å²) >= 11 is 0. The molecule has 1 aromatic carbocycles. The van der Waals surface area contributed by atoms with Crippen molar-refractivity contribution in [2.45, 2.75) is 32.2 Å². The third-order valence-electron chi connectivity index (χ3n) is 5.49. The fourth-order valence-electron chi connectivity index (χ4n) is 3.93. The number of hydrogen-bond donors (Lipinski definition) is 2. The molecule has 9 heteroatoms. The van der Waals surface area contributed by atoms with Crippen LogP contribution < -0.4 is 20.3 Å². The maximum Gasteiger partial charge on any atom is 0.276 e. The van der Waals surface area contributed by atoms with Crippen LogP contribution in [0.3, 0.4) is 0 Å². The third-order valence-corrected chi connectivity index (χ3v) is 5.49. The average molecular weight is 450 g/mol. The standard InChI is InChI=1S/C24H31N7O2/c1-3-25-24(27-15-13-22-29-23(33-30-22)19-10-6-7-14-26-19)28-18-9-8-16-31(17-18)20-11-4-5-12-21(20)32-2/h4-7,10-12,14,18H,3,8-9,13,15-17H2,1-2H3,(H2,25,27,28). The maximum absolute atomic E-state index is 5.56. The second-order valence-electron chi connectivity index (χ2n) is 7.84. The van der Waals surface area contributed by atoms with Crippen molar-refractivity contribution in [1.82, 2.24) is 25.8 Å². The van der Waals surface area contributed by atoms with E-state index in [1.54, 1.807) is 13.3 Å². The van der Waals surface area contributed by atoms with Crippen molar-refractivity contribution in [2.24, 2.45) is 4.99 Å². The van der Waals surface area contributed by atoms with Crippen molar-refractivity contribution < 1.29 is 9.26 Å². The number of aliphatic imine (C=N–C) groups is 1. The lowest BCUT2D eigenvalue weighted by Crippen LogP contribution is -2.51. The topological polar surface area (TPSA) is 101 Å². The Morgan fingerprint density at radius 2 is 2.12 bits per heavy atom. The summed E-state index contributed by atoms with van der Waals surface area (Å²) in [4.78, 5) is 15.8. The predicted molar refractivity (Wildman–Crippen MR) is 129 cm³/mol. The summed E-state index contributed by atoms with van der Waals surface area (Å²) in [7, 11) is 1.72. The molecule has 0 radical (unpaired) electrons. The first-order valence-electron chi connectivity index (χ1n) is 11.4. The molecule has 2 aromatic heterocycles. The van der Waals surface area contributed by atoms with Gasteiger partial charge in [0.2, 0.25) is 0 Å². The van der Waals surface area contributed by atoms with Crippen molar-refractivity contribution >= 4 is 11.6 Å². The van der Waals surface area contributed by atoms with Gasteiger partial charge in [-0.25, -0.2) is 0 Å². The first kappa shape index (κ1) is 22.6. The molecule has 0 saturated carbocycles. The molecule has 4 rings (SSSR count). The minimum Gasteiger partial charge on any atom is -0.495 e. The van der Waals surface area contributed by atoms with Crippen LogP contribution in [0.15, 0.2) is 58.2 Å².